The second-order valence-electron chi connectivity index (χ2n) is 26.4. The molecule has 2 rings (SSSR count). The summed E-state index contributed by atoms with van der Waals surface area (Å²) in [5.41, 5.74) is 0. The largest absolute Gasteiger partial charge is 0.394 e. The lowest BCUT2D eigenvalue weighted by molar-refractivity contribution is -0.359. The van der Waals surface area contributed by atoms with Crippen molar-refractivity contribution in [3.63, 3.8) is 0 Å². The van der Waals surface area contributed by atoms with E-state index in [2.05, 4.69) is 55.6 Å². The van der Waals surface area contributed by atoms with Crippen LogP contribution in [0.2, 0.25) is 0 Å². The average molecular weight is 1260 g/mol. The van der Waals surface area contributed by atoms with Gasteiger partial charge in [-0.15, -0.1) is 0 Å². The second-order valence-corrected chi connectivity index (χ2v) is 26.4. The Balaban J connectivity index is 1.66. The topological polar surface area (TPSA) is 228 Å². The number of aliphatic hydroxyl groups is 8. The first-order valence-electron chi connectivity index (χ1n) is 37.4. The van der Waals surface area contributed by atoms with Gasteiger partial charge in [-0.05, 0) is 64.2 Å². The van der Waals surface area contributed by atoms with Crippen LogP contribution < -0.4 is 5.32 Å². The van der Waals surface area contributed by atoms with Crippen molar-refractivity contribution in [1.29, 1.82) is 0 Å². The van der Waals surface area contributed by atoms with Gasteiger partial charge in [-0.3, -0.25) is 4.79 Å². The molecule has 2 aliphatic rings. The number of allylic oxidation sites excluding steroid dienone is 7. The molecule has 2 aliphatic heterocycles. The Morgan fingerprint density at radius 1 is 0.404 bits per heavy atom. The monoisotopic (exact) mass is 1260 g/mol. The number of amides is 1. The van der Waals surface area contributed by atoms with Crippen LogP contribution in [0.5, 0.6) is 0 Å². The fourth-order valence-electron chi connectivity index (χ4n) is 12.3. The molecule has 14 heteroatoms. The standard InChI is InChI=1S/C75H139NO13/c1-3-5-7-9-11-13-15-17-19-21-23-25-27-28-29-30-31-32-33-34-35-37-38-40-42-44-46-48-50-52-54-56-58-64(79)63(62-86-74-72(85)70(83)73(66(61-78)88-74)89-75-71(84)69(82)68(81)65(60-77)87-75)76-67(80)59-57-55-53-51-49-47-45-43-41-39-36-26-24-22-20-18-16-14-12-10-8-6-4-2/h16,18,22,24,48,50,56,58,63-66,68-75,77-79,81-85H,3-15,17,19-21,23,25-47,49,51-55,57,59-62H2,1-2H3,(H,76,80)/b18-16-,24-22-,50-48+,58-56+. The van der Waals surface area contributed by atoms with Crippen molar-refractivity contribution in [3.05, 3.63) is 48.6 Å². The molecule has 2 saturated heterocycles. The minimum absolute atomic E-state index is 0.248. The van der Waals surface area contributed by atoms with Crippen LogP contribution in [0.3, 0.4) is 0 Å². The number of hydrogen-bond acceptors (Lipinski definition) is 13. The molecule has 0 bridgehead atoms. The lowest BCUT2D eigenvalue weighted by Gasteiger charge is -2.46. The van der Waals surface area contributed by atoms with E-state index in [0.717, 1.165) is 38.5 Å². The summed E-state index contributed by atoms with van der Waals surface area (Å²) in [6, 6.07) is -0.935. The predicted octanol–water partition coefficient (Wildman–Crippen LogP) is 15.9. The van der Waals surface area contributed by atoms with Crippen LogP contribution in [0, 0.1) is 0 Å². The molecule has 12 atom stereocenters. The molecule has 522 valence electrons. The van der Waals surface area contributed by atoms with E-state index in [4.69, 9.17) is 18.9 Å². The van der Waals surface area contributed by atoms with Crippen LogP contribution in [-0.2, 0) is 23.7 Å². The molecule has 1 amide bonds. The summed E-state index contributed by atoms with van der Waals surface area (Å²) in [6.07, 6.45) is 61.8. The minimum atomic E-state index is -1.79. The first-order valence-corrected chi connectivity index (χ1v) is 37.4. The zero-order valence-electron chi connectivity index (χ0n) is 56.9. The van der Waals surface area contributed by atoms with Gasteiger partial charge in [0.25, 0.3) is 0 Å². The van der Waals surface area contributed by atoms with Gasteiger partial charge in [0.1, 0.15) is 48.8 Å². The van der Waals surface area contributed by atoms with Crippen molar-refractivity contribution in [3.8, 4) is 0 Å². The highest BCUT2D eigenvalue weighted by molar-refractivity contribution is 5.76. The quantitative estimate of drug-likeness (QED) is 0.0204. The maximum absolute atomic E-state index is 13.3. The van der Waals surface area contributed by atoms with Crippen LogP contribution in [0.1, 0.15) is 328 Å². The Hall–Kier alpha value is -2.05. The SMILES string of the molecule is CCCCCCC/C=C\C/C=C\CCCCCCCCCCCCCC(=O)NC(COC1OC(CO)C(OC2OC(CO)C(O)C(O)C2O)C(O)C1O)C(O)/C=C/CC/C=C/CCCCCCCCCCCCCCCCCCCCCCCCCCCC. The van der Waals surface area contributed by atoms with Crippen LogP contribution in [-0.4, -0.2) is 140 Å². The van der Waals surface area contributed by atoms with Gasteiger partial charge in [0.05, 0.1) is 32.0 Å². The van der Waals surface area contributed by atoms with E-state index in [1.165, 1.54) is 257 Å². The van der Waals surface area contributed by atoms with Crippen LogP contribution >= 0.6 is 0 Å². The van der Waals surface area contributed by atoms with Crippen molar-refractivity contribution < 1.29 is 64.6 Å². The smallest absolute Gasteiger partial charge is 0.220 e. The number of unbranched alkanes of at least 4 members (excludes halogenated alkanes) is 43. The first kappa shape index (κ1) is 83.0. The van der Waals surface area contributed by atoms with Crippen molar-refractivity contribution in [2.24, 2.45) is 0 Å². The Bertz CT molecular complexity index is 1680. The Morgan fingerprint density at radius 2 is 0.753 bits per heavy atom. The van der Waals surface area contributed by atoms with Crippen LogP contribution in [0.4, 0.5) is 0 Å². The second kappa shape index (κ2) is 59.7. The van der Waals surface area contributed by atoms with Gasteiger partial charge in [-0.1, -0.05) is 306 Å². The molecule has 0 radical (unpaired) electrons. The third-order valence-electron chi connectivity index (χ3n) is 18.2. The van der Waals surface area contributed by atoms with E-state index in [1.54, 1.807) is 6.08 Å². The Labute approximate surface area is 543 Å². The summed E-state index contributed by atoms with van der Waals surface area (Å²) in [5.74, 6) is -0.248. The molecule has 89 heavy (non-hydrogen) atoms. The molecule has 0 spiro atoms. The van der Waals surface area contributed by atoms with Crippen LogP contribution in [0.15, 0.2) is 48.6 Å². The first-order chi connectivity index (χ1) is 43.6. The molecule has 0 aromatic heterocycles. The highest BCUT2D eigenvalue weighted by atomic mass is 16.7. The van der Waals surface area contributed by atoms with E-state index in [9.17, 15) is 45.6 Å². The molecule has 2 fully saturated rings. The molecule has 2 heterocycles. The summed E-state index contributed by atoms with van der Waals surface area (Å²) in [6.45, 7) is 2.82. The van der Waals surface area contributed by atoms with Crippen molar-refractivity contribution in [2.75, 3.05) is 19.8 Å². The van der Waals surface area contributed by atoms with Crippen molar-refractivity contribution >= 4 is 5.91 Å². The maximum atomic E-state index is 13.3. The van der Waals surface area contributed by atoms with Gasteiger partial charge in [-0.2, -0.15) is 0 Å². The normalized spacial score (nSPS) is 23.3. The van der Waals surface area contributed by atoms with Gasteiger partial charge >= 0.3 is 0 Å². The zero-order chi connectivity index (χ0) is 64.5. The number of rotatable bonds is 62. The highest BCUT2D eigenvalue weighted by Gasteiger charge is 2.51. The number of carbonyl (C=O) groups excluding carboxylic acids is 1. The minimum Gasteiger partial charge on any atom is -0.394 e. The van der Waals surface area contributed by atoms with Gasteiger partial charge in [0.15, 0.2) is 12.6 Å². The van der Waals surface area contributed by atoms with Crippen LogP contribution in [0.25, 0.3) is 0 Å². The summed E-state index contributed by atoms with van der Waals surface area (Å²) < 4.78 is 22.9. The van der Waals surface area contributed by atoms with Gasteiger partial charge in [0.2, 0.25) is 5.91 Å². The molecule has 14 nitrogen and oxygen atoms in total. The third kappa shape index (κ3) is 43.5. The third-order valence-corrected chi connectivity index (χ3v) is 18.2. The fourth-order valence-corrected chi connectivity index (χ4v) is 12.3. The Morgan fingerprint density at radius 3 is 1.17 bits per heavy atom. The molecular weight excluding hydrogens is 1120 g/mol. The van der Waals surface area contributed by atoms with E-state index in [-0.39, 0.29) is 18.9 Å². The molecule has 0 saturated carbocycles. The van der Waals surface area contributed by atoms with Gasteiger partial charge in [0, 0.05) is 6.42 Å². The summed E-state index contributed by atoms with van der Waals surface area (Å²) >= 11 is 0. The van der Waals surface area contributed by atoms with Gasteiger partial charge < -0.3 is 65.1 Å². The molecular formula is C75H139NO13. The number of nitrogens with one attached hydrogen (secondary N) is 1. The van der Waals surface area contributed by atoms with Crippen molar-refractivity contribution in [2.45, 2.75) is 402 Å². The van der Waals surface area contributed by atoms with Gasteiger partial charge in [-0.25, -0.2) is 0 Å². The van der Waals surface area contributed by atoms with E-state index in [1.807, 2.05) is 6.08 Å². The molecule has 9 N–H and O–H groups in total. The lowest BCUT2D eigenvalue weighted by Crippen LogP contribution is -2.65. The fraction of sp³-hybridized carbons (Fsp3) is 0.880. The predicted molar refractivity (Wildman–Crippen MR) is 364 cm³/mol. The molecule has 12 unspecified atom stereocenters. The molecule has 0 aromatic carbocycles. The lowest BCUT2D eigenvalue weighted by atomic mass is 9.97. The van der Waals surface area contributed by atoms with E-state index >= 15 is 0 Å². The Kier molecular flexibility index (Phi) is 55.7. The number of ether oxygens (including phenoxy) is 4. The van der Waals surface area contributed by atoms with E-state index < -0.39 is 86.8 Å². The van der Waals surface area contributed by atoms with Crippen molar-refractivity contribution in [1.82, 2.24) is 5.32 Å². The maximum Gasteiger partial charge on any atom is 0.220 e. The summed E-state index contributed by atoms with van der Waals surface area (Å²) in [5, 5.41) is 87.5. The highest BCUT2D eigenvalue weighted by Crippen LogP contribution is 2.30. The number of aliphatic hydroxyl groups excluding tert-OH is 8. The summed E-state index contributed by atoms with van der Waals surface area (Å²) in [4.78, 5) is 13.3. The number of carbonyl (C=O) groups is 1. The average Bonchev–Trinajstić information content (AvgIpc) is 3.63. The summed E-state index contributed by atoms with van der Waals surface area (Å²) in [7, 11) is 0. The molecule has 0 aliphatic carbocycles. The zero-order valence-corrected chi connectivity index (χ0v) is 56.9. The van der Waals surface area contributed by atoms with E-state index in [0.29, 0.717) is 12.8 Å². The number of hydrogen-bond donors (Lipinski definition) is 9. The molecule has 0 aromatic rings.